The lowest BCUT2D eigenvalue weighted by molar-refractivity contribution is 0.516. The number of hydrogen-bond acceptors (Lipinski definition) is 3. The van der Waals surface area contributed by atoms with E-state index in [1.165, 1.54) is 11.4 Å². The Balaban J connectivity index is 1.90. The van der Waals surface area contributed by atoms with Crippen LogP contribution in [0, 0.1) is 0 Å². The van der Waals surface area contributed by atoms with Gasteiger partial charge in [0.1, 0.15) is 0 Å². The van der Waals surface area contributed by atoms with Crippen molar-refractivity contribution in [2.45, 2.75) is 25.9 Å². The van der Waals surface area contributed by atoms with Gasteiger partial charge in [0.15, 0.2) is 0 Å². The van der Waals surface area contributed by atoms with Crippen molar-refractivity contribution in [3.05, 3.63) is 47.8 Å². The van der Waals surface area contributed by atoms with Gasteiger partial charge in [-0.25, -0.2) is 4.98 Å². The van der Waals surface area contributed by atoms with Gasteiger partial charge in [0.05, 0.1) is 24.3 Å². The molecule has 2 aromatic rings. The number of hydrogen-bond donors (Lipinski definition) is 1. The van der Waals surface area contributed by atoms with E-state index in [0.29, 0.717) is 6.04 Å². The molecule has 0 spiro atoms. The average molecular weight is 228 g/mol. The van der Waals surface area contributed by atoms with Crippen molar-refractivity contribution in [3.8, 4) is 0 Å². The highest BCUT2D eigenvalue weighted by Crippen LogP contribution is 2.21. The van der Waals surface area contributed by atoms with Crippen molar-refractivity contribution < 1.29 is 0 Å². The molecule has 1 aliphatic rings. The second-order valence-corrected chi connectivity index (χ2v) is 4.45. The first-order chi connectivity index (χ1) is 8.34. The minimum Gasteiger partial charge on any atom is -0.328 e. The van der Waals surface area contributed by atoms with Crippen LogP contribution >= 0.6 is 0 Å². The van der Waals surface area contributed by atoms with Gasteiger partial charge in [-0.3, -0.25) is 4.98 Å². The lowest BCUT2D eigenvalue weighted by Gasteiger charge is -2.20. The fraction of sp³-hybridized carbons (Fsp3) is 0.385. The molecule has 3 rings (SSSR count). The third-order valence-electron chi connectivity index (χ3n) is 3.26. The molecule has 3 heterocycles. The molecule has 88 valence electrons. The van der Waals surface area contributed by atoms with Gasteiger partial charge in [-0.2, -0.15) is 0 Å². The van der Waals surface area contributed by atoms with Crippen LogP contribution in [0.15, 0.2) is 30.7 Å². The van der Waals surface area contributed by atoms with Crippen LogP contribution in [0.3, 0.4) is 0 Å². The molecule has 1 N–H and O–H groups in total. The van der Waals surface area contributed by atoms with Crippen LogP contribution in [0.5, 0.6) is 0 Å². The highest BCUT2D eigenvalue weighted by atomic mass is 15.1. The van der Waals surface area contributed by atoms with Gasteiger partial charge < -0.3 is 9.88 Å². The Labute approximate surface area is 101 Å². The number of pyridine rings is 1. The van der Waals surface area contributed by atoms with E-state index in [9.17, 15) is 0 Å². The van der Waals surface area contributed by atoms with Crippen LogP contribution in [0.2, 0.25) is 0 Å². The van der Waals surface area contributed by atoms with Gasteiger partial charge in [-0.15, -0.1) is 0 Å². The summed E-state index contributed by atoms with van der Waals surface area (Å²) in [4.78, 5) is 8.86. The van der Waals surface area contributed by atoms with Gasteiger partial charge in [0, 0.05) is 30.9 Å². The maximum atomic E-state index is 4.51. The van der Waals surface area contributed by atoms with Gasteiger partial charge in [0.2, 0.25) is 0 Å². The van der Waals surface area contributed by atoms with E-state index in [2.05, 4.69) is 32.8 Å². The zero-order valence-electron chi connectivity index (χ0n) is 9.93. The molecule has 1 unspecified atom stereocenters. The van der Waals surface area contributed by atoms with Crippen molar-refractivity contribution in [2.24, 2.45) is 0 Å². The molecule has 1 atom stereocenters. The van der Waals surface area contributed by atoms with Gasteiger partial charge in [-0.1, -0.05) is 6.07 Å². The van der Waals surface area contributed by atoms with Crippen molar-refractivity contribution in [1.29, 1.82) is 0 Å². The van der Waals surface area contributed by atoms with Crippen molar-refractivity contribution >= 4 is 0 Å². The molecule has 1 aliphatic heterocycles. The molecule has 0 bridgehead atoms. The van der Waals surface area contributed by atoms with Crippen LogP contribution in [-0.2, 0) is 13.0 Å². The molecule has 0 fully saturated rings. The molecule has 0 aliphatic carbocycles. The molecule has 0 saturated carbocycles. The van der Waals surface area contributed by atoms with Crippen LogP contribution < -0.4 is 5.32 Å². The number of fused-ring (bicyclic) bond motifs is 1. The quantitative estimate of drug-likeness (QED) is 0.847. The van der Waals surface area contributed by atoms with E-state index < -0.39 is 0 Å². The van der Waals surface area contributed by atoms with Gasteiger partial charge in [-0.05, 0) is 19.1 Å². The Morgan fingerprint density at radius 1 is 1.41 bits per heavy atom. The summed E-state index contributed by atoms with van der Waals surface area (Å²) in [5, 5.41) is 3.42. The predicted molar refractivity (Wildman–Crippen MR) is 65.7 cm³/mol. The van der Waals surface area contributed by atoms with Crippen LogP contribution in [-0.4, -0.2) is 21.1 Å². The highest BCUT2D eigenvalue weighted by Gasteiger charge is 2.20. The summed E-state index contributed by atoms with van der Waals surface area (Å²) >= 11 is 0. The minimum absolute atomic E-state index is 0.365. The molecule has 0 amide bonds. The Morgan fingerprint density at radius 2 is 2.35 bits per heavy atom. The number of rotatable bonds is 2. The molecule has 0 saturated heterocycles. The van der Waals surface area contributed by atoms with Crippen LogP contribution in [0.4, 0.5) is 0 Å². The molecule has 2 aromatic heterocycles. The SMILES string of the molecule is CC1NCCc2c1ncn2Cc1ccccn1. The van der Waals surface area contributed by atoms with E-state index in [0.717, 1.165) is 25.2 Å². The average Bonchev–Trinajstić information content (AvgIpc) is 2.76. The molecule has 17 heavy (non-hydrogen) atoms. The monoisotopic (exact) mass is 228 g/mol. The van der Waals surface area contributed by atoms with Gasteiger partial charge in [0.25, 0.3) is 0 Å². The predicted octanol–water partition coefficient (Wildman–Crippen LogP) is 1.53. The molecular formula is C13H16N4. The molecular weight excluding hydrogens is 212 g/mol. The van der Waals surface area contributed by atoms with E-state index in [1.807, 2.05) is 24.7 Å². The third kappa shape index (κ3) is 1.96. The van der Waals surface area contributed by atoms with Crippen LogP contribution in [0.1, 0.15) is 30.0 Å². The van der Waals surface area contributed by atoms with Crippen LogP contribution in [0.25, 0.3) is 0 Å². The normalized spacial score (nSPS) is 19.0. The maximum absolute atomic E-state index is 4.51. The summed E-state index contributed by atoms with van der Waals surface area (Å²) in [6, 6.07) is 6.38. The molecule has 4 heteroatoms. The summed E-state index contributed by atoms with van der Waals surface area (Å²) in [6.07, 6.45) is 4.82. The fourth-order valence-electron chi connectivity index (χ4n) is 2.36. The molecule has 0 aromatic carbocycles. The summed E-state index contributed by atoms with van der Waals surface area (Å²) in [7, 11) is 0. The minimum atomic E-state index is 0.365. The number of nitrogens with zero attached hydrogens (tertiary/aromatic N) is 3. The summed E-state index contributed by atoms with van der Waals surface area (Å²) in [5.74, 6) is 0. The van der Waals surface area contributed by atoms with Gasteiger partial charge >= 0.3 is 0 Å². The second kappa shape index (κ2) is 4.30. The van der Waals surface area contributed by atoms with E-state index in [1.54, 1.807) is 0 Å². The van der Waals surface area contributed by atoms with Crippen molar-refractivity contribution in [2.75, 3.05) is 6.54 Å². The molecule has 4 nitrogen and oxygen atoms in total. The summed E-state index contributed by atoms with van der Waals surface area (Å²) in [6.45, 7) is 4.01. The largest absolute Gasteiger partial charge is 0.328 e. The van der Waals surface area contributed by atoms with Crippen molar-refractivity contribution in [3.63, 3.8) is 0 Å². The summed E-state index contributed by atoms with van der Waals surface area (Å²) in [5.41, 5.74) is 3.62. The smallest absolute Gasteiger partial charge is 0.0956 e. The number of imidazole rings is 1. The fourth-order valence-corrected chi connectivity index (χ4v) is 2.36. The van der Waals surface area contributed by atoms with E-state index in [-0.39, 0.29) is 0 Å². The first kappa shape index (κ1) is 10.5. The Bertz CT molecular complexity index is 503. The standard InChI is InChI=1S/C13H16N4/c1-10-13-12(5-7-14-10)17(9-16-13)8-11-4-2-3-6-15-11/h2-4,6,9-10,14H,5,7-8H2,1H3. The topological polar surface area (TPSA) is 42.7 Å². The number of aromatic nitrogens is 3. The zero-order chi connectivity index (χ0) is 11.7. The third-order valence-corrected chi connectivity index (χ3v) is 3.26. The number of nitrogens with one attached hydrogen (secondary N) is 1. The zero-order valence-corrected chi connectivity index (χ0v) is 9.93. The van der Waals surface area contributed by atoms with Crippen molar-refractivity contribution in [1.82, 2.24) is 19.9 Å². The molecule has 0 radical (unpaired) electrons. The van der Waals surface area contributed by atoms with E-state index >= 15 is 0 Å². The second-order valence-electron chi connectivity index (χ2n) is 4.45. The lowest BCUT2D eigenvalue weighted by atomic mass is 10.1. The van der Waals surface area contributed by atoms with E-state index in [4.69, 9.17) is 0 Å². The first-order valence-corrected chi connectivity index (χ1v) is 6.02. The maximum Gasteiger partial charge on any atom is 0.0956 e. The summed E-state index contributed by atoms with van der Waals surface area (Å²) < 4.78 is 2.22. The Hall–Kier alpha value is -1.68. The Morgan fingerprint density at radius 3 is 3.18 bits per heavy atom. The lowest BCUT2D eigenvalue weighted by Crippen LogP contribution is -2.29. The highest BCUT2D eigenvalue weighted by molar-refractivity contribution is 5.21. The Kier molecular flexibility index (Phi) is 2.65. The first-order valence-electron chi connectivity index (χ1n) is 6.02.